The Morgan fingerprint density at radius 3 is 2.68 bits per heavy atom. The number of hydrogen-bond acceptors (Lipinski definition) is 5. The van der Waals surface area contributed by atoms with Crippen molar-refractivity contribution in [3.63, 3.8) is 0 Å². The number of rotatable bonds is 3. The van der Waals surface area contributed by atoms with E-state index in [0.717, 1.165) is 11.8 Å². The zero-order chi connectivity index (χ0) is 18.4. The Labute approximate surface area is 146 Å². The summed E-state index contributed by atoms with van der Waals surface area (Å²) in [5, 5.41) is 9.27. The number of carbonyl (C=O) groups is 2. The molecule has 3 rings (SSSR count). The first-order valence-corrected chi connectivity index (χ1v) is 9.79. The Hall–Kier alpha value is -2.13. The molecule has 1 N–H and O–H groups in total. The fourth-order valence-electron chi connectivity index (χ4n) is 3.46. The van der Waals surface area contributed by atoms with E-state index in [1.165, 1.54) is 9.21 Å². The summed E-state index contributed by atoms with van der Waals surface area (Å²) in [7, 11) is -3.39. The number of carbonyl (C=O) groups excluding carboxylic acids is 1. The van der Waals surface area contributed by atoms with Crippen molar-refractivity contribution in [2.45, 2.75) is 25.4 Å². The summed E-state index contributed by atoms with van der Waals surface area (Å²) in [4.78, 5) is 25.4. The van der Waals surface area contributed by atoms with Crippen LogP contribution in [-0.2, 0) is 26.0 Å². The molecule has 1 amide bonds. The van der Waals surface area contributed by atoms with Crippen molar-refractivity contribution in [2.75, 3.05) is 30.3 Å². The van der Waals surface area contributed by atoms with Crippen molar-refractivity contribution in [3.05, 3.63) is 29.3 Å². The molecule has 9 heteroatoms. The van der Waals surface area contributed by atoms with Crippen LogP contribution < -0.4 is 4.31 Å². The number of aliphatic carboxylic acids is 1. The topological polar surface area (TPSA) is 104 Å². The van der Waals surface area contributed by atoms with Gasteiger partial charge in [-0.3, -0.25) is 9.10 Å². The largest absolute Gasteiger partial charge is 0.480 e. The normalized spacial score (nSPS) is 23.4. The third-order valence-corrected chi connectivity index (χ3v) is 5.78. The second-order valence-electron chi connectivity index (χ2n) is 6.38. The molecule has 2 aliphatic heterocycles. The molecule has 0 radical (unpaired) electrons. The monoisotopic (exact) mass is 368 g/mol. The summed E-state index contributed by atoms with van der Waals surface area (Å²) < 4.78 is 30.4. The number of anilines is 1. The first kappa shape index (κ1) is 17.7. The lowest BCUT2D eigenvalue weighted by Crippen LogP contribution is -2.52. The maximum atomic E-state index is 12.7. The number of amides is 1. The van der Waals surface area contributed by atoms with Crippen LogP contribution in [0.5, 0.6) is 0 Å². The van der Waals surface area contributed by atoms with Crippen LogP contribution in [0.25, 0.3) is 0 Å². The van der Waals surface area contributed by atoms with Gasteiger partial charge in [0.2, 0.25) is 10.0 Å². The molecule has 1 fully saturated rings. The molecular formula is C16H20N2O6S. The van der Waals surface area contributed by atoms with E-state index in [1.54, 1.807) is 18.2 Å². The molecular weight excluding hydrogens is 348 g/mol. The van der Waals surface area contributed by atoms with Crippen LogP contribution in [0, 0.1) is 0 Å². The van der Waals surface area contributed by atoms with Crippen molar-refractivity contribution in [2.24, 2.45) is 0 Å². The fourth-order valence-corrected chi connectivity index (χ4v) is 4.72. The third kappa shape index (κ3) is 3.21. The number of fused-ring (bicyclic) bond motifs is 1. The summed E-state index contributed by atoms with van der Waals surface area (Å²) in [6.45, 7) is 2.27. The van der Waals surface area contributed by atoms with Crippen LogP contribution in [0.2, 0.25) is 0 Å². The lowest BCUT2D eigenvalue weighted by atomic mass is 10.0. The molecule has 136 valence electrons. The van der Waals surface area contributed by atoms with E-state index < -0.39 is 22.0 Å². The molecule has 0 aromatic heterocycles. The Morgan fingerprint density at radius 2 is 2.04 bits per heavy atom. The summed E-state index contributed by atoms with van der Waals surface area (Å²) in [5.41, 5.74) is 1.70. The van der Waals surface area contributed by atoms with Crippen molar-refractivity contribution < 1.29 is 27.9 Å². The molecule has 0 saturated carbocycles. The predicted molar refractivity (Wildman–Crippen MR) is 90.2 cm³/mol. The second-order valence-corrected chi connectivity index (χ2v) is 8.24. The Morgan fingerprint density at radius 1 is 1.32 bits per heavy atom. The minimum absolute atomic E-state index is 0.0368. The minimum atomic E-state index is -3.39. The third-order valence-electron chi connectivity index (χ3n) is 4.51. The maximum absolute atomic E-state index is 12.7. The van der Waals surface area contributed by atoms with Crippen LogP contribution in [0.1, 0.15) is 22.8 Å². The lowest BCUT2D eigenvalue weighted by molar-refractivity contribution is -0.147. The Kier molecular flexibility index (Phi) is 4.46. The summed E-state index contributed by atoms with van der Waals surface area (Å²) in [6.07, 6.45) is 1.66. The van der Waals surface area contributed by atoms with E-state index in [0.29, 0.717) is 24.3 Å². The number of benzene rings is 1. The van der Waals surface area contributed by atoms with Gasteiger partial charge in [-0.05, 0) is 37.1 Å². The zero-order valence-corrected chi connectivity index (χ0v) is 14.8. The average molecular weight is 368 g/mol. The van der Waals surface area contributed by atoms with Gasteiger partial charge in [0.1, 0.15) is 0 Å². The van der Waals surface area contributed by atoms with E-state index in [2.05, 4.69) is 0 Å². The van der Waals surface area contributed by atoms with E-state index >= 15 is 0 Å². The smallest absolute Gasteiger partial charge is 0.328 e. The van der Waals surface area contributed by atoms with E-state index in [1.807, 2.05) is 6.92 Å². The highest BCUT2D eigenvalue weighted by molar-refractivity contribution is 7.92. The van der Waals surface area contributed by atoms with E-state index in [4.69, 9.17) is 4.74 Å². The van der Waals surface area contributed by atoms with Crippen LogP contribution in [0.3, 0.4) is 0 Å². The van der Waals surface area contributed by atoms with Gasteiger partial charge >= 0.3 is 5.97 Å². The van der Waals surface area contributed by atoms with Crippen LogP contribution in [0.4, 0.5) is 5.69 Å². The highest BCUT2D eigenvalue weighted by Crippen LogP contribution is 2.35. The van der Waals surface area contributed by atoms with Crippen molar-refractivity contribution in [3.8, 4) is 0 Å². The highest BCUT2D eigenvalue weighted by atomic mass is 32.2. The first-order valence-electron chi connectivity index (χ1n) is 7.94. The molecule has 0 spiro atoms. The van der Waals surface area contributed by atoms with Gasteiger partial charge in [0.05, 0.1) is 25.2 Å². The molecule has 8 nitrogen and oxygen atoms in total. The van der Waals surface area contributed by atoms with E-state index in [-0.39, 0.29) is 25.1 Å². The molecule has 2 heterocycles. The van der Waals surface area contributed by atoms with Gasteiger partial charge in [-0.1, -0.05) is 0 Å². The number of nitrogens with zero attached hydrogens (tertiary/aromatic N) is 2. The van der Waals surface area contributed by atoms with Gasteiger partial charge in [0.15, 0.2) is 6.04 Å². The van der Waals surface area contributed by atoms with Gasteiger partial charge < -0.3 is 14.7 Å². The van der Waals surface area contributed by atoms with E-state index in [9.17, 15) is 23.1 Å². The molecule has 0 aliphatic carbocycles. The SMILES string of the molecule is C[C@@H]1Cc2cc(C(=O)N3CCOC[C@@H]3C(=O)O)ccc2N1S(C)(=O)=O. The summed E-state index contributed by atoms with van der Waals surface area (Å²) in [6, 6.07) is 3.59. The fraction of sp³-hybridized carbons (Fsp3) is 0.500. The molecule has 1 aromatic carbocycles. The standard InChI is InChI=1S/C16H20N2O6S/c1-10-7-12-8-11(3-4-13(12)18(10)25(2,22)23)15(19)17-5-6-24-9-14(17)16(20)21/h3-4,8,10,14H,5-7,9H2,1-2H3,(H,20,21)/t10-,14-/m1/s1. The highest BCUT2D eigenvalue weighted by Gasteiger charge is 2.36. The van der Waals surface area contributed by atoms with Crippen molar-refractivity contribution in [1.29, 1.82) is 0 Å². The van der Waals surface area contributed by atoms with Crippen LogP contribution in [0.15, 0.2) is 18.2 Å². The summed E-state index contributed by atoms with van der Waals surface area (Å²) >= 11 is 0. The van der Waals surface area contributed by atoms with Gasteiger partial charge in [-0.15, -0.1) is 0 Å². The number of hydrogen-bond donors (Lipinski definition) is 1. The zero-order valence-electron chi connectivity index (χ0n) is 14.0. The molecule has 25 heavy (non-hydrogen) atoms. The molecule has 0 unspecified atom stereocenters. The number of carboxylic acids is 1. The number of sulfonamides is 1. The maximum Gasteiger partial charge on any atom is 0.328 e. The summed E-state index contributed by atoms with van der Waals surface area (Å²) in [5.74, 6) is -1.49. The van der Waals surface area contributed by atoms with Crippen LogP contribution in [-0.4, -0.2) is 68.4 Å². The van der Waals surface area contributed by atoms with Gasteiger partial charge in [-0.2, -0.15) is 0 Å². The number of morpholine rings is 1. The second kappa shape index (κ2) is 6.30. The van der Waals surface area contributed by atoms with Gasteiger partial charge in [0, 0.05) is 18.2 Å². The first-order chi connectivity index (χ1) is 11.7. The minimum Gasteiger partial charge on any atom is -0.480 e. The van der Waals surface area contributed by atoms with Crippen molar-refractivity contribution in [1.82, 2.24) is 4.90 Å². The number of ether oxygens (including phenoxy) is 1. The average Bonchev–Trinajstić information content (AvgIpc) is 2.88. The van der Waals surface area contributed by atoms with Gasteiger partial charge in [0.25, 0.3) is 5.91 Å². The lowest BCUT2D eigenvalue weighted by Gasteiger charge is -2.33. The predicted octanol–water partition coefficient (Wildman–Crippen LogP) is 0.323. The molecule has 0 bridgehead atoms. The molecule has 1 aromatic rings. The Bertz CT molecular complexity index is 822. The van der Waals surface area contributed by atoms with Crippen LogP contribution >= 0.6 is 0 Å². The Balaban J connectivity index is 1.92. The number of carboxylic acid groups (broad SMARTS) is 1. The molecule has 2 atom stereocenters. The van der Waals surface area contributed by atoms with Crippen molar-refractivity contribution >= 4 is 27.6 Å². The van der Waals surface area contributed by atoms with Gasteiger partial charge in [-0.25, -0.2) is 13.2 Å². The quantitative estimate of drug-likeness (QED) is 0.824. The molecule has 1 saturated heterocycles. The molecule has 2 aliphatic rings.